The number of hydrogen-bond acceptors (Lipinski definition) is 5. The monoisotopic (exact) mass is 457 g/mol. The van der Waals surface area contributed by atoms with E-state index in [0.29, 0.717) is 29.7 Å². The third-order valence-corrected chi connectivity index (χ3v) is 6.78. The number of carbonyl (C=O) groups is 1. The highest BCUT2D eigenvalue weighted by Crippen LogP contribution is 2.46. The van der Waals surface area contributed by atoms with E-state index in [2.05, 4.69) is 4.90 Å². The third kappa shape index (κ3) is 4.66. The topological polar surface area (TPSA) is 48.0 Å². The van der Waals surface area contributed by atoms with Crippen molar-refractivity contribution in [3.8, 4) is 17.2 Å². The molecule has 0 radical (unpaired) electrons. The predicted octanol–water partition coefficient (Wildman–Crippen LogP) is 6.10. The first-order valence-electron chi connectivity index (χ1n) is 12.1. The number of esters is 1. The molecule has 176 valence electrons. The molecule has 1 heterocycles. The van der Waals surface area contributed by atoms with Crippen molar-refractivity contribution >= 4 is 5.97 Å². The minimum atomic E-state index is -0.443. The van der Waals surface area contributed by atoms with Crippen LogP contribution in [0.5, 0.6) is 17.2 Å². The van der Waals surface area contributed by atoms with E-state index in [-0.39, 0.29) is 6.04 Å². The molecule has 5 heteroatoms. The van der Waals surface area contributed by atoms with Gasteiger partial charge in [-0.3, -0.25) is 4.90 Å². The number of benzene rings is 3. The van der Waals surface area contributed by atoms with Crippen LogP contribution in [0.25, 0.3) is 0 Å². The minimum absolute atomic E-state index is 0.277. The first kappa shape index (κ1) is 22.5. The lowest BCUT2D eigenvalue weighted by Crippen LogP contribution is -2.26. The molecule has 0 aromatic heterocycles. The average molecular weight is 458 g/mol. The van der Waals surface area contributed by atoms with Gasteiger partial charge in [0.1, 0.15) is 29.4 Å². The molecular weight excluding hydrogens is 426 g/mol. The number of hydrogen-bond donors (Lipinski definition) is 0. The van der Waals surface area contributed by atoms with E-state index in [4.69, 9.17) is 14.2 Å². The van der Waals surface area contributed by atoms with Crippen molar-refractivity contribution in [1.82, 2.24) is 4.90 Å². The van der Waals surface area contributed by atoms with Gasteiger partial charge in [-0.05, 0) is 62.9 Å². The fourth-order valence-electron chi connectivity index (χ4n) is 5.03. The summed E-state index contributed by atoms with van der Waals surface area (Å²) < 4.78 is 17.9. The van der Waals surface area contributed by atoms with Gasteiger partial charge in [0.25, 0.3) is 0 Å². The van der Waals surface area contributed by atoms with Gasteiger partial charge in [-0.2, -0.15) is 0 Å². The van der Waals surface area contributed by atoms with Gasteiger partial charge in [-0.1, -0.05) is 48.5 Å². The largest absolute Gasteiger partial charge is 0.496 e. The quantitative estimate of drug-likeness (QED) is 0.302. The van der Waals surface area contributed by atoms with Crippen molar-refractivity contribution in [3.05, 3.63) is 89.0 Å². The lowest BCUT2D eigenvalue weighted by Gasteiger charge is -2.28. The van der Waals surface area contributed by atoms with E-state index in [1.807, 2.05) is 61.5 Å². The van der Waals surface area contributed by atoms with Crippen LogP contribution in [0.15, 0.2) is 66.7 Å². The zero-order valence-corrected chi connectivity index (χ0v) is 19.8. The standard InChI is InChI=1S/C29H31NO4/c1-20-27(29(31)34-23-12-7-4-8-13-23)26(33-19-21-10-5-3-6-11-21)18-24(28(20)32-2)25-14-9-17-30(25)22-15-16-22/h3-8,10-13,18,22,25H,9,14-17,19H2,1-2H3/t25-/m0/s1. The molecule has 3 aromatic carbocycles. The van der Waals surface area contributed by atoms with Crippen molar-refractivity contribution < 1.29 is 19.0 Å². The summed E-state index contributed by atoms with van der Waals surface area (Å²) in [5.74, 6) is 1.35. The van der Waals surface area contributed by atoms with Gasteiger partial charge in [-0.15, -0.1) is 0 Å². The minimum Gasteiger partial charge on any atom is -0.496 e. The van der Waals surface area contributed by atoms with Gasteiger partial charge in [0.05, 0.1) is 7.11 Å². The zero-order valence-electron chi connectivity index (χ0n) is 19.8. The highest BCUT2D eigenvalue weighted by Gasteiger charge is 2.39. The molecule has 0 unspecified atom stereocenters. The van der Waals surface area contributed by atoms with Crippen molar-refractivity contribution in [1.29, 1.82) is 0 Å². The molecule has 2 aliphatic rings. The molecule has 0 spiro atoms. The van der Waals surface area contributed by atoms with E-state index in [1.165, 1.54) is 19.3 Å². The SMILES string of the molecule is COc1c([C@@H]2CCCN2C2CC2)cc(OCc2ccccc2)c(C(=O)Oc2ccccc2)c1C. The molecule has 1 saturated carbocycles. The molecule has 2 fully saturated rings. The third-order valence-electron chi connectivity index (χ3n) is 6.78. The van der Waals surface area contributed by atoms with Crippen molar-refractivity contribution in [3.63, 3.8) is 0 Å². The normalized spacial score (nSPS) is 18.0. The second-order valence-electron chi connectivity index (χ2n) is 9.10. The second-order valence-corrected chi connectivity index (χ2v) is 9.10. The van der Waals surface area contributed by atoms with Crippen LogP contribution in [-0.2, 0) is 6.61 Å². The van der Waals surface area contributed by atoms with E-state index in [9.17, 15) is 4.79 Å². The van der Waals surface area contributed by atoms with Gasteiger partial charge in [-0.25, -0.2) is 4.79 Å². The van der Waals surface area contributed by atoms with Crippen LogP contribution in [0.1, 0.15) is 58.8 Å². The lowest BCUT2D eigenvalue weighted by atomic mass is 9.95. The molecule has 0 bridgehead atoms. The Morgan fingerprint density at radius 3 is 2.38 bits per heavy atom. The first-order chi connectivity index (χ1) is 16.7. The maximum Gasteiger partial charge on any atom is 0.347 e. The first-order valence-corrected chi connectivity index (χ1v) is 12.1. The van der Waals surface area contributed by atoms with Crippen LogP contribution in [0.2, 0.25) is 0 Å². The molecule has 34 heavy (non-hydrogen) atoms. The van der Waals surface area contributed by atoms with Gasteiger partial charge < -0.3 is 14.2 Å². The number of ether oxygens (including phenoxy) is 3. The Bertz CT molecular complexity index is 1140. The molecular formula is C29H31NO4. The van der Waals surface area contributed by atoms with E-state index < -0.39 is 5.97 Å². The predicted molar refractivity (Wildman–Crippen MR) is 132 cm³/mol. The van der Waals surface area contributed by atoms with E-state index in [1.54, 1.807) is 19.2 Å². The molecule has 5 nitrogen and oxygen atoms in total. The summed E-state index contributed by atoms with van der Waals surface area (Å²) in [5, 5.41) is 0. The molecule has 0 N–H and O–H groups in total. The van der Waals surface area contributed by atoms with Crippen LogP contribution < -0.4 is 14.2 Å². The zero-order chi connectivity index (χ0) is 23.5. The lowest BCUT2D eigenvalue weighted by molar-refractivity contribution is 0.0728. The Morgan fingerprint density at radius 1 is 1.00 bits per heavy atom. The van der Waals surface area contributed by atoms with Crippen LogP contribution in [-0.4, -0.2) is 30.6 Å². The van der Waals surface area contributed by atoms with Crippen molar-refractivity contribution in [2.45, 2.75) is 51.3 Å². The summed E-state index contributed by atoms with van der Waals surface area (Å²) >= 11 is 0. The number of para-hydroxylation sites is 1. The van der Waals surface area contributed by atoms with Crippen molar-refractivity contribution in [2.24, 2.45) is 0 Å². The van der Waals surface area contributed by atoms with Crippen molar-refractivity contribution in [2.75, 3.05) is 13.7 Å². The number of carbonyl (C=O) groups excluding carboxylic acids is 1. The number of likely N-dealkylation sites (tertiary alicyclic amines) is 1. The highest BCUT2D eigenvalue weighted by atomic mass is 16.5. The Balaban J connectivity index is 1.54. The van der Waals surface area contributed by atoms with Crippen LogP contribution in [0, 0.1) is 6.92 Å². The average Bonchev–Trinajstić information content (AvgIpc) is 3.59. The molecule has 1 aliphatic carbocycles. The Labute approximate surface area is 201 Å². The summed E-state index contributed by atoms with van der Waals surface area (Å²) in [4.78, 5) is 16.0. The Morgan fingerprint density at radius 2 is 1.71 bits per heavy atom. The maximum absolute atomic E-state index is 13.4. The summed E-state index contributed by atoms with van der Waals surface area (Å²) in [6.07, 6.45) is 4.77. The van der Waals surface area contributed by atoms with E-state index >= 15 is 0 Å². The fourth-order valence-corrected chi connectivity index (χ4v) is 5.03. The second kappa shape index (κ2) is 9.90. The van der Waals surface area contributed by atoms with Crippen LogP contribution in [0.3, 0.4) is 0 Å². The molecule has 5 rings (SSSR count). The smallest absolute Gasteiger partial charge is 0.347 e. The number of rotatable bonds is 8. The summed E-state index contributed by atoms with van der Waals surface area (Å²) in [5.41, 5.74) is 3.31. The molecule has 1 aliphatic heterocycles. The molecule has 1 saturated heterocycles. The molecule has 3 aromatic rings. The van der Waals surface area contributed by atoms with Gasteiger partial charge >= 0.3 is 5.97 Å². The summed E-state index contributed by atoms with van der Waals surface area (Å²) in [7, 11) is 1.68. The van der Waals surface area contributed by atoms with Gasteiger partial charge in [0.2, 0.25) is 0 Å². The maximum atomic E-state index is 13.4. The fraction of sp³-hybridized carbons (Fsp3) is 0.345. The highest BCUT2D eigenvalue weighted by molar-refractivity contribution is 5.96. The van der Waals surface area contributed by atoms with Gasteiger partial charge in [0, 0.05) is 23.2 Å². The molecule has 1 atom stereocenters. The van der Waals surface area contributed by atoms with Crippen LogP contribution >= 0.6 is 0 Å². The van der Waals surface area contributed by atoms with Crippen LogP contribution in [0.4, 0.5) is 0 Å². The number of nitrogens with zero attached hydrogens (tertiary/aromatic N) is 1. The summed E-state index contributed by atoms with van der Waals surface area (Å²) in [6, 6.07) is 22.1. The number of methoxy groups -OCH3 is 1. The van der Waals surface area contributed by atoms with E-state index in [0.717, 1.165) is 35.4 Å². The molecule has 0 amide bonds. The van der Waals surface area contributed by atoms with Gasteiger partial charge in [0.15, 0.2) is 0 Å². The summed E-state index contributed by atoms with van der Waals surface area (Å²) in [6.45, 7) is 3.40. The Kier molecular flexibility index (Phi) is 6.54. The Hall–Kier alpha value is -3.31.